The number of methoxy groups -OCH3 is 1. The largest absolute Gasteiger partial charge is 0.468 e. The number of hydrogen-bond donors (Lipinski definition) is 1. The molecule has 0 aromatic heterocycles. The quantitative estimate of drug-likeness (QED) is 0.657. The summed E-state index contributed by atoms with van der Waals surface area (Å²) in [5.41, 5.74) is 5.49. The van der Waals surface area contributed by atoms with Crippen LogP contribution < -0.4 is 5.73 Å². The van der Waals surface area contributed by atoms with E-state index in [9.17, 15) is 13.2 Å². The number of nitrogens with zero attached hydrogens (tertiary/aromatic N) is 1. The summed E-state index contributed by atoms with van der Waals surface area (Å²) >= 11 is 0. The second-order valence-corrected chi connectivity index (χ2v) is 6.21. The molecule has 0 aromatic rings. The van der Waals surface area contributed by atoms with Gasteiger partial charge in [-0.05, 0) is 25.8 Å². The van der Waals surface area contributed by atoms with E-state index in [0.717, 1.165) is 6.42 Å². The Kier molecular flexibility index (Phi) is 4.28. The molecule has 1 rings (SSSR count). The van der Waals surface area contributed by atoms with Gasteiger partial charge in [-0.1, -0.05) is 0 Å². The van der Waals surface area contributed by atoms with Gasteiger partial charge in [0, 0.05) is 13.1 Å². The van der Waals surface area contributed by atoms with E-state index in [1.54, 1.807) is 0 Å². The van der Waals surface area contributed by atoms with Gasteiger partial charge in [0.25, 0.3) is 0 Å². The first kappa shape index (κ1) is 13.4. The maximum Gasteiger partial charge on any atom is 0.325 e. The van der Waals surface area contributed by atoms with Crippen molar-refractivity contribution in [2.45, 2.75) is 18.6 Å². The minimum Gasteiger partial charge on any atom is -0.468 e. The highest BCUT2D eigenvalue weighted by atomic mass is 32.2. The van der Waals surface area contributed by atoms with Crippen molar-refractivity contribution in [3.05, 3.63) is 0 Å². The van der Waals surface area contributed by atoms with Crippen molar-refractivity contribution in [2.24, 2.45) is 11.7 Å². The van der Waals surface area contributed by atoms with Crippen LogP contribution in [0, 0.1) is 5.92 Å². The van der Waals surface area contributed by atoms with E-state index in [4.69, 9.17) is 5.73 Å². The first-order chi connectivity index (χ1) is 7.43. The van der Waals surface area contributed by atoms with Crippen LogP contribution in [0.25, 0.3) is 0 Å². The third-order valence-electron chi connectivity index (χ3n) is 2.92. The van der Waals surface area contributed by atoms with Gasteiger partial charge in [0.15, 0.2) is 5.25 Å². The summed E-state index contributed by atoms with van der Waals surface area (Å²) in [5.74, 6) is -0.532. The fourth-order valence-electron chi connectivity index (χ4n) is 1.73. The third-order valence-corrected chi connectivity index (χ3v) is 5.06. The van der Waals surface area contributed by atoms with Crippen LogP contribution in [0.1, 0.15) is 13.3 Å². The van der Waals surface area contributed by atoms with Crippen molar-refractivity contribution in [3.8, 4) is 0 Å². The van der Waals surface area contributed by atoms with Gasteiger partial charge in [0.2, 0.25) is 10.0 Å². The molecule has 2 N–H and O–H groups in total. The number of hydrogen-bond acceptors (Lipinski definition) is 5. The van der Waals surface area contributed by atoms with E-state index < -0.39 is 21.2 Å². The molecule has 1 saturated heterocycles. The van der Waals surface area contributed by atoms with Gasteiger partial charge < -0.3 is 10.5 Å². The van der Waals surface area contributed by atoms with Crippen molar-refractivity contribution in [1.29, 1.82) is 0 Å². The van der Waals surface area contributed by atoms with Crippen LogP contribution >= 0.6 is 0 Å². The second kappa shape index (κ2) is 5.11. The Morgan fingerprint density at radius 2 is 2.25 bits per heavy atom. The molecule has 0 saturated carbocycles. The van der Waals surface area contributed by atoms with Crippen molar-refractivity contribution in [1.82, 2.24) is 4.31 Å². The third kappa shape index (κ3) is 2.53. The molecule has 0 amide bonds. The average Bonchev–Trinajstić information content (AvgIpc) is 2.75. The van der Waals surface area contributed by atoms with Crippen LogP contribution in [0.2, 0.25) is 0 Å². The molecular weight excluding hydrogens is 232 g/mol. The lowest BCUT2D eigenvalue weighted by Crippen LogP contribution is -2.40. The number of ether oxygens (including phenoxy) is 1. The van der Waals surface area contributed by atoms with E-state index in [-0.39, 0.29) is 5.92 Å². The van der Waals surface area contributed by atoms with Gasteiger partial charge in [-0.3, -0.25) is 4.79 Å². The van der Waals surface area contributed by atoms with Crippen molar-refractivity contribution in [3.63, 3.8) is 0 Å². The van der Waals surface area contributed by atoms with Crippen LogP contribution in [0.15, 0.2) is 0 Å². The number of nitrogens with two attached hydrogens (primary N) is 1. The molecule has 2 unspecified atom stereocenters. The van der Waals surface area contributed by atoms with Crippen LogP contribution in [0.5, 0.6) is 0 Å². The molecule has 0 spiro atoms. The fraction of sp³-hybridized carbons (Fsp3) is 0.889. The van der Waals surface area contributed by atoms with Gasteiger partial charge in [0.1, 0.15) is 0 Å². The molecular formula is C9H18N2O4S. The molecule has 1 aliphatic heterocycles. The van der Waals surface area contributed by atoms with E-state index >= 15 is 0 Å². The minimum absolute atomic E-state index is 0.194. The molecule has 0 aromatic carbocycles. The molecule has 94 valence electrons. The highest BCUT2D eigenvalue weighted by Gasteiger charge is 2.38. The monoisotopic (exact) mass is 250 g/mol. The normalized spacial score (nSPS) is 24.3. The molecule has 0 aliphatic carbocycles. The molecule has 1 fully saturated rings. The second-order valence-electron chi connectivity index (χ2n) is 3.96. The lowest BCUT2D eigenvalue weighted by atomic mass is 10.1. The lowest BCUT2D eigenvalue weighted by molar-refractivity contribution is -0.139. The Hall–Kier alpha value is -0.660. The van der Waals surface area contributed by atoms with Crippen molar-refractivity contribution >= 4 is 16.0 Å². The van der Waals surface area contributed by atoms with E-state index in [1.807, 2.05) is 0 Å². The zero-order valence-electron chi connectivity index (χ0n) is 9.55. The van der Waals surface area contributed by atoms with Crippen molar-refractivity contribution in [2.75, 3.05) is 26.7 Å². The summed E-state index contributed by atoms with van der Waals surface area (Å²) < 4.78 is 29.7. The first-order valence-electron chi connectivity index (χ1n) is 5.20. The Morgan fingerprint density at radius 3 is 2.69 bits per heavy atom. The molecule has 6 nitrogen and oxygen atoms in total. The highest BCUT2D eigenvalue weighted by molar-refractivity contribution is 7.90. The molecule has 7 heteroatoms. The predicted molar refractivity (Wildman–Crippen MR) is 59.1 cm³/mol. The molecule has 2 atom stereocenters. The minimum atomic E-state index is -3.59. The maximum absolute atomic E-state index is 12.0. The number of carbonyl (C=O) groups is 1. The van der Waals surface area contributed by atoms with Gasteiger partial charge in [-0.25, -0.2) is 12.7 Å². The predicted octanol–water partition coefficient (Wildman–Crippen LogP) is -0.842. The number of sulfonamides is 1. The summed E-state index contributed by atoms with van der Waals surface area (Å²) in [5, 5.41) is -1.14. The molecule has 0 radical (unpaired) electrons. The summed E-state index contributed by atoms with van der Waals surface area (Å²) in [6, 6.07) is 0. The highest BCUT2D eigenvalue weighted by Crippen LogP contribution is 2.21. The Labute approximate surface area is 95.8 Å². The number of esters is 1. The number of rotatable bonds is 4. The summed E-state index contributed by atoms with van der Waals surface area (Å²) in [7, 11) is -2.41. The smallest absolute Gasteiger partial charge is 0.325 e. The van der Waals surface area contributed by atoms with Gasteiger partial charge in [0.05, 0.1) is 7.11 Å². The maximum atomic E-state index is 12.0. The van der Waals surface area contributed by atoms with Crippen LogP contribution in [0.4, 0.5) is 0 Å². The Balaban J connectivity index is 2.75. The van der Waals surface area contributed by atoms with Crippen LogP contribution in [0.3, 0.4) is 0 Å². The average molecular weight is 250 g/mol. The van der Waals surface area contributed by atoms with Gasteiger partial charge in [-0.2, -0.15) is 0 Å². The summed E-state index contributed by atoms with van der Waals surface area (Å²) in [6.45, 7) is 2.65. The molecule has 0 bridgehead atoms. The zero-order valence-corrected chi connectivity index (χ0v) is 10.4. The first-order valence-corrected chi connectivity index (χ1v) is 6.70. The SMILES string of the molecule is COC(=O)C(C)S(=O)(=O)N1CCC(CN)C1. The molecule has 1 aliphatic rings. The van der Waals surface area contributed by atoms with Gasteiger partial charge >= 0.3 is 5.97 Å². The van der Waals surface area contributed by atoms with Gasteiger partial charge in [-0.15, -0.1) is 0 Å². The van der Waals surface area contributed by atoms with E-state index in [2.05, 4.69) is 4.74 Å². The molecule has 1 heterocycles. The van der Waals surface area contributed by atoms with E-state index in [0.29, 0.717) is 19.6 Å². The topological polar surface area (TPSA) is 89.7 Å². The summed E-state index contributed by atoms with van der Waals surface area (Å²) in [4.78, 5) is 11.2. The summed E-state index contributed by atoms with van der Waals surface area (Å²) in [6.07, 6.45) is 0.754. The Morgan fingerprint density at radius 1 is 1.62 bits per heavy atom. The van der Waals surface area contributed by atoms with Crippen molar-refractivity contribution < 1.29 is 17.9 Å². The lowest BCUT2D eigenvalue weighted by Gasteiger charge is -2.19. The Bertz CT molecular complexity index is 355. The van der Waals surface area contributed by atoms with E-state index in [1.165, 1.54) is 18.3 Å². The van der Waals surface area contributed by atoms with Crippen LogP contribution in [-0.2, 0) is 19.6 Å². The zero-order chi connectivity index (χ0) is 12.3. The fourth-order valence-corrected chi connectivity index (χ4v) is 3.30. The molecule has 16 heavy (non-hydrogen) atoms. The van der Waals surface area contributed by atoms with Crippen LogP contribution in [-0.4, -0.2) is 50.7 Å². The number of carbonyl (C=O) groups excluding carboxylic acids is 1. The standard InChI is InChI=1S/C9H18N2O4S/c1-7(9(12)15-2)16(13,14)11-4-3-8(5-10)6-11/h7-8H,3-6,10H2,1-2H3.